The van der Waals surface area contributed by atoms with E-state index in [0.29, 0.717) is 28.3 Å². The molecule has 2 saturated carbocycles. The maximum atomic E-state index is 4.01. The molecular formula is C26H42N2. The maximum Gasteiger partial charge on any atom is 0.00940 e. The van der Waals surface area contributed by atoms with Crippen LogP contribution in [0.15, 0.2) is 30.3 Å². The first-order chi connectivity index (χ1) is 13.3. The zero-order chi connectivity index (χ0) is 19.8. The Hall–Kier alpha value is -0.860. The van der Waals surface area contributed by atoms with Gasteiger partial charge in [0, 0.05) is 18.6 Å². The van der Waals surface area contributed by atoms with E-state index in [2.05, 4.69) is 68.7 Å². The fourth-order valence-corrected chi connectivity index (χ4v) is 7.37. The SMILES string of the molecule is CCC1(C)CC2CC(C)(CNC3CCNC(C)C3)CC(c3ccccc3)(C2)C1. The van der Waals surface area contributed by atoms with E-state index in [0.717, 1.165) is 5.92 Å². The third kappa shape index (κ3) is 4.19. The molecule has 4 rings (SSSR count). The number of piperidine rings is 1. The van der Waals surface area contributed by atoms with Gasteiger partial charge in [0.1, 0.15) is 0 Å². The Kier molecular flexibility index (Phi) is 5.66. The van der Waals surface area contributed by atoms with Crippen molar-refractivity contribution in [1.82, 2.24) is 10.6 Å². The third-order valence-electron chi connectivity index (χ3n) is 8.45. The summed E-state index contributed by atoms with van der Waals surface area (Å²) in [4.78, 5) is 0. The van der Waals surface area contributed by atoms with Gasteiger partial charge in [0.25, 0.3) is 0 Å². The molecule has 3 aliphatic rings. The van der Waals surface area contributed by atoms with E-state index in [9.17, 15) is 0 Å². The van der Waals surface area contributed by atoms with Crippen molar-refractivity contribution in [3.8, 4) is 0 Å². The van der Waals surface area contributed by atoms with Crippen LogP contribution in [0.1, 0.15) is 84.6 Å². The highest BCUT2D eigenvalue weighted by atomic mass is 15.0. The van der Waals surface area contributed by atoms with E-state index < -0.39 is 0 Å². The van der Waals surface area contributed by atoms with Gasteiger partial charge in [0.2, 0.25) is 0 Å². The number of hydrogen-bond acceptors (Lipinski definition) is 2. The van der Waals surface area contributed by atoms with Gasteiger partial charge in [-0.1, -0.05) is 57.5 Å². The predicted molar refractivity (Wildman–Crippen MR) is 120 cm³/mol. The van der Waals surface area contributed by atoms with Crippen molar-refractivity contribution in [2.45, 2.75) is 96.6 Å². The van der Waals surface area contributed by atoms with Gasteiger partial charge in [-0.15, -0.1) is 0 Å². The van der Waals surface area contributed by atoms with E-state index in [1.54, 1.807) is 5.56 Å². The molecule has 2 aliphatic carbocycles. The number of rotatable bonds is 5. The Balaban J connectivity index is 1.55. The molecule has 1 aliphatic heterocycles. The van der Waals surface area contributed by atoms with Crippen LogP contribution in [0.4, 0.5) is 0 Å². The van der Waals surface area contributed by atoms with E-state index in [1.807, 2.05) is 0 Å². The molecule has 1 saturated heterocycles. The van der Waals surface area contributed by atoms with Crippen LogP contribution >= 0.6 is 0 Å². The minimum atomic E-state index is 0.380. The Morgan fingerprint density at radius 3 is 2.46 bits per heavy atom. The van der Waals surface area contributed by atoms with E-state index in [1.165, 1.54) is 64.5 Å². The molecule has 0 amide bonds. The van der Waals surface area contributed by atoms with Crippen LogP contribution in [-0.2, 0) is 5.41 Å². The van der Waals surface area contributed by atoms with Crippen LogP contribution in [0.2, 0.25) is 0 Å². The molecule has 2 N–H and O–H groups in total. The largest absolute Gasteiger partial charge is 0.314 e. The Labute approximate surface area is 173 Å². The molecule has 1 heterocycles. The lowest BCUT2D eigenvalue weighted by Gasteiger charge is -2.58. The van der Waals surface area contributed by atoms with E-state index >= 15 is 0 Å². The molecule has 2 heteroatoms. The maximum absolute atomic E-state index is 4.01. The molecule has 2 bridgehead atoms. The number of nitrogens with one attached hydrogen (secondary N) is 2. The highest BCUT2D eigenvalue weighted by molar-refractivity contribution is 5.29. The zero-order valence-electron chi connectivity index (χ0n) is 18.7. The number of benzene rings is 1. The van der Waals surface area contributed by atoms with Gasteiger partial charge < -0.3 is 10.6 Å². The summed E-state index contributed by atoms with van der Waals surface area (Å²) < 4.78 is 0. The first-order valence-corrected chi connectivity index (χ1v) is 11.9. The van der Waals surface area contributed by atoms with Crippen molar-refractivity contribution in [2.75, 3.05) is 13.1 Å². The van der Waals surface area contributed by atoms with Crippen molar-refractivity contribution in [3.05, 3.63) is 35.9 Å². The fraction of sp³-hybridized carbons (Fsp3) is 0.769. The van der Waals surface area contributed by atoms with Gasteiger partial charge in [-0.25, -0.2) is 0 Å². The standard InChI is InChI=1S/C26H42N2/c1-5-24(3)14-21-15-25(4,19-28-23-11-12-27-20(2)13-23)18-26(16-21,17-24)22-9-7-6-8-10-22/h6-10,20-21,23,27-28H,5,11-19H2,1-4H3. The normalized spacial score (nSPS) is 43.6. The van der Waals surface area contributed by atoms with Crippen LogP contribution < -0.4 is 10.6 Å². The van der Waals surface area contributed by atoms with Gasteiger partial charge in [-0.05, 0) is 86.1 Å². The van der Waals surface area contributed by atoms with Crippen LogP contribution in [0, 0.1) is 16.7 Å². The topological polar surface area (TPSA) is 24.1 Å². The predicted octanol–water partition coefficient (Wildman–Crippen LogP) is 5.67. The van der Waals surface area contributed by atoms with Gasteiger partial charge in [-0.2, -0.15) is 0 Å². The Bertz CT molecular complexity index is 658. The highest BCUT2D eigenvalue weighted by Crippen LogP contribution is 2.61. The summed E-state index contributed by atoms with van der Waals surface area (Å²) >= 11 is 0. The molecule has 0 radical (unpaired) electrons. The minimum Gasteiger partial charge on any atom is -0.314 e. The minimum absolute atomic E-state index is 0.380. The Morgan fingerprint density at radius 1 is 1.04 bits per heavy atom. The van der Waals surface area contributed by atoms with Crippen LogP contribution in [0.3, 0.4) is 0 Å². The molecule has 156 valence electrons. The Morgan fingerprint density at radius 2 is 1.75 bits per heavy atom. The number of fused-ring (bicyclic) bond motifs is 2. The lowest BCUT2D eigenvalue weighted by Crippen LogP contribution is -2.54. The first-order valence-electron chi connectivity index (χ1n) is 11.9. The van der Waals surface area contributed by atoms with E-state index in [4.69, 9.17) is 0 Å². The summed E-state index contributed by atoms with van der Waals surface area (Å²) in [6.07, 6.45) is 10.8. The first kappa shape index (κ1) is 20.4. The molecular weight excluding hydrogens is 340 g/mol. The van der Waals surface area contributed by atoms with Crippen molar-refractivity contribution >= 4 is 0 Å². The third-order valence-corrected chi connectivity index (χ3v) is 8.45. The second-order valence-electron chi connectivity index (χ2n) is 11.4. The van der Waals surface area contributed by atoms with Gasteiger partial charge in [0.15, 0.2) is 0 Å². The molecule has 0 aromatic heterocycles. The molecule has 1 aromatic rings. The van der Waals surface area contributed by atoms with E-state index in [-0.39, 0.29) is 0 Å². The van der Waals surface area contributed by atoms with Crippen LogP contribution in [0.5, 0.6) is 0 Å². The highest BCUT2D eigenvalue weighted by Gasteiger charge is 2.53. The summed E-state index contributed by atoms with van der Waals surface area (Å²) in [7, 11) is 0. The lowest BCUT2D eigenvalue weighted by atomic mass is 9.47. The summed E-state index contributed by atoms with van der Waals surface area (Å²) in [6.45, 7) is 12.3. The number of hydrogen-bond donors (Lipinski definition) is 2. The average Bonchev–Trinajstić information content (AvgIpc) is 2.66. The fourth-order valence-electron chi connectivity index (χ4n) is 7.37. The monoisotopic (exact) mass is 382 g/mol. The lowest BCUT2D eigenvalue weighted by molar-refractivity contribution is -0.0222. The van der Waals surface area contributed by atoms with Crippen molar-refractivity contribution < 1.29 is 0 Å². The van der Waals surface area contributed by atoms with Crippen molar-refractivity contribution in [1.29, 1.82) is 0 Å². The quantitative estimate of drug-likeness (QED) is 0.685. The van der Waals surface area contributed by atoms with Gasteiger partial charge >= 0.3 is 0 Å². The van der Waals surface area contributed by atoms with Crippen molar-refractivity contribution in [2.24, 2.45) is 16.7 Å². The molecule has 6 unspecified atom stereocenters. The second kappa shape index (κ2) is 7.76. The smallest absolute Gasteiger partial charge is 0.00940 e. The summed E-state index contributed by atoms with van der Waals surface area (Å²) in [5.74, 6) is 0.881. The van der Waals surface area contributed by atoms with Crippen molar-refractivity contribution in [3.63, 3.8) is 0 Å². The van der Waals surface area contributed by atoms with Gasteiger partial charge in [0.05, 0.1) is 0 Å². The van der Waals surface area contributed by atoms with Crippen LogP contribution in [0.25, 0.3) is 0 Å². The summed E-state index contributed by atoms with van der Waals surface area (Å²) in [6, 6.07) is 12.9. The molecule has 6 atom stereocenters. The second-order valence-corrected chi connectivity index (χ2v) is 11.4. The zero-order valence-corrected chi connectivity index (χ0v) is 18.7. The molecule has 28 heavy (non-hydrogen) atoms. The molecule has 1 aromatic carbocycles. The average molecular weight is 383 g/mol. The summed E-state index contributed by atoms with van der Waals surface area (Å²) in [5.41, 5.74) is 2.92. The molecule has 3 fully saturated rings. The van der Waals surface area contributed by atoms with Crippen LogP contribution in [-0.4, -0.2) is 25.2 Å². The molecule has 0 spiro atoms. The summed E-state index contributed by atoms with van der Waals surface area (Å²) in [5, 5.41) is 7.61. The molecule has 2 nitrogen and oxygen atoms in total. The van der Waals surface area contributed by atoms with Gasteiger partial charge in [-0.3, -0.25) is 0 Å².